The molecule has 3 aromatic carbocycles. The molecule has 0 radical (unpaired) electrons. The molecule has 0 bridgehead atoms. The number of carbonyl (C=O) groups is 1. The summed E-state index contributed by atoms with van der Waals surface area (Å²) < 4.78 is 11.3. The second kappa shape index (κ2) is 8.56. The van der Waals surface area contributed by atoms with E-state index in [0.29, 0.717) is 6.42 Å². The fourth-order valence-corrected chi connectivity index (χ4v) is 5.13. The monoisotopic (exact) mass is 454 g/mol. The SMILES string of the molecule is COc1ccccc1-c1ccc2c(c1)NC(c1ccccc1OC)C1=C(CC(C)(C)CC1=O)N2. The molecule has 2 N–H and O–H groups in total. The van der Waals surface area contributed by atoms with E-state index in [2.05, 4.69) is 48.7 Å². The third-order valence-electron chi connectivity index (χ3n) is 6.68. The number of anilines is 2. The van der Waals surface area contributed by atoms with Crippen LogP contribution in [0.3, 0.4) is 0 Å². The van der Waals surface area contributed by atoms with Gasteiger partial charge in [-0.05, 0) is 41.7 Å². The van der Waals surface area contributed by atoms with E-state index in [4.69, 9.17) is 9.47 Å². The first-order chi connectivity index (χ1) is 16.4. The summed E-state index contributed by atoms with van der Waals surface area (Å²) in [5, 5.41) is 7.31. The van der Waals surface area contributed by atoms with Crippen molar-refractivity contribution in [1.82, 2.24) is 0 Å². The van der Waals surface area contributed by atoms with Crippen LogP contribution in [0.5, 0.6) is 11.5 Å². The van der Waals surface area contributed by atoms with Crippen molar-refractivity contribution in [2.45, 2.75) is 32.7 Å². The van der Waals surface area contributed by atoms with E-state index in [1.807, 2.05) is 42.5 Å². The molecule has 1 atom stereocenters. The van der Waals surface area contributed by atoms with Crippen LogP contribution in [0, 0.1) is 5.41 Å². The molecule has 2 aliphatic rings. The van der Waals surface area contributed by atoms with Crippen molar-refractivity contribution < 1.29 is 14.3 Å². The second-order valence-electron chi connectivity index (χ2n) is 9.74. The first kappa shape index (κ1) is 22.1. The molecular weight excluding hydrogens is 424 g/mol. The van der Waals surface area contributed by atoms with Gasteiger partial charge in [-0.2, -0.15) is 0 Å². The lowest BCUT2D eigenvalue weighted by atomic mass is 9.73. The number of hydrogen-bond acceptors (Lipinski definition) is 5. The number of ether oxygens (including phenoxy) is 2. The summed E-state index contributed by atoms with van der Waals surface area (Å²) in [4.78, 5) is 13.5. The Morgan fingerprint density at radius 1 is 0.853 bits per heavy atom. The average molecular weight is 455 g/mol. The molecule has 5 heteroatoms. The molecule has 1 aliphatic carbocycles. The Kier molecular flexibility index (Phi) is 5.56. The minimum Gasteiger partial charge on any atom is -0.496 e. The number of Topliss-reactive ketones (excluding diaryl/α,β-unsaturated/α-hetero) is 1. The number of ketones is 1. The van der Waals surface area contributed by atoms with Crippen LogP contribution in [0.1, 0.15) is 38.3 Å². The zero-order valence-corrected chi connectivity index (χ0v) is 20.1. The molecule has 1 unspecified atom stereocenters. The van der Waals surface area contributed by atoms with Gasteiger partial charge in [0.1, 0.15) is 11.5 Å². The highest BCUT2D eigenvalue weighted by atomic mass is 16.5. The first-order valence-corrected chi connectivity index (χ1v) is 11.6. The smallest absolute Gasteiger partial charge is 0.163 e. The molecule has 174 valence electrons. The Morgan fingerprint density at radius 2 is 1.56 bits per heavy atom. The summed E-state index contributed by atoms with van der Waals surface area (Å²) >= 11 is 0. The van der Waals surface area contributed by atoms with Crippen LogP contribution in [-0.4, -0.2) is 20.0 Å². The Balaban J connectivity index is 1.67. The molecule has 5 nitrogen and oxygen atoms in total. The molecule has 0 amide bonds. The number of carbonyl (C=O) groups excluding carboxylic acids is 1. The highest BCUT2D eigenvalue weighted by Crippen LogP contribution is 2.47. The molecule has 0 saturated heterocycles. The predicted octanol–water partition coefficient (Wildman–Crippen LogP) is 6.59. The van der Waals surface area contributed by atoms with E-state index in [-0.39, 0.29) is 17.2 Å². The lowest BCUT2D eigenvalue weighted by Gasteiger charge is -2.34. The average Bonchev–Trinajstić information content (AvgIpc) is 2.99. The van der Waals surface area contributed by atoms with Gasteiger partial charge in [0, 0.05) is 28.8 Å². The fourth-order valence-electron chi connectivity index (χ4n) is 5.13. The summed E-state index contributed by atoms with van der Waals surface area (Å²) in [6.07, 6.45) is 1.32. The van der Waals surface area contributed by atoms with Gasteiger partial charge in [0.2, 0.25) is 0 Å². The highest BCUT2D eigenvalue weighted by Gasteiger charge is 2.39. The summed E-state index contributed by atoms with van der Waals surface area (Å²) in [6.45, 7) is 4.30. The van der Waals surface area contributed by atoms with Crippen molar-refractivity contribution in [1.29, 1.82) is 0 Å². The normalized spacial score (nSPS) is 18.7. The van der Waals surface area contributed by atoms with E-state index in [0.717, 1.165) is 57.3 Å². The zero-order valence-electron chi connectivity index (χ0n) is 20.1. The molecule has 0 fully saturated rings. The standard InChI is InChI=1S/C29H30N2O3/c1-29(2)16-23-27(24(32)17-29)28(20-10-6-8-12-26(20)34-4)31-22-15-18(13-14-21(22)30-23)19-9-5-7-11-25(19)33-3/h5-15,28,30-31H,16-17H2,1-4H3. The van der Waals surface area contributed by atoms with E-state index < -0.39 is 0 Å². The second-order valence-corrected chi connectivity index (χ2v) is 9.74. The maximum Gasteiger partial charge on any atom is 0.163 e. The molecule has 34 heavy (non-hydrogen) atoms. The summed E-state index contributed by atoms with van der Waals surface area (Å²) in [5.74, 6) is 1.74. The Hall–Kier alpha value is -3.73. The van der Waals surface area contributed by atoms with Gasteiger partial charge in [-0.15, -0.1) is 0 Å². The number of allylic oxidation sites excluding steroid dienone is 1. The third-order valence-corrected chi connectivity index (χ3v) is 6.68. The van der Waals surface area contributed by atoms with Crippen molar-refractivity contribution in [3.8, 4) is 22.6 Å². The molecule has 5 rings (SSSR count). The highest BCUT2D eigenvalue weighted by molar-refractivity contribution is 6.01. The Morgan fingerprint density at radius 3 is 2.32 bits per heavy atom. The molecule has 0 spiro atoms. The minimum atomic E-state index is -0.323. The fraction of sp³-hybridized carbons (Fsp3) is 0.276. The van der Waals surface area contributed by atoms with Crippen molar-refractivity contribution in [3.05, 3.63) is 83.6 Å². The predicted molar refractivity (Wildman–Crippen MR) is 136 cm³/mol. The number of para-hydroxylation sites is 2. The van der Waals surface area contributed by atoms with Crippen LogP contribution < -0.4 is 20.1 Å². The van der Waals surface area contributed by atoms with Gasteiger partial charge in [0.15, 0.2) is 5.78 Å². The van der Waals surface area contributed by atoms with Crippen LogP contribution in [0.4, 0.5) is 11.4 Å². The van der Waals surface area contributed by atoms with E-state index in [1.54, 1.807) is 14.2 Å². The molecule has 1 heterocycles. The number of fused-ring (bicyclic) bond motifs is 1. The van der Waals surface area contributed by atoms with E-state index in [9.17, 15) is 4.79 Å². The van der Waals surface area contributed by atoms with Gasteiger partial charge in [0.25, 0.3) is 0 Å². The first-order valence-electron chi connectivity index (χ1n) is 11.6. The molecule has 0 aromatic heterocycles. The molecule has 0 saturated carbocycles. The number of methoxy groups -OCH3 is 2. The number of hydrogen-bond donors (Lipinski definition) is 2. The third kappa shape index (κ3) is 3.92. The van der Waals surface area contributed by atoms with Crippen LogP contribution >= 0.6 is 0 Å². The van der Waals surface area contributed by atoms with Crippen LogP contribution in [-0.2, 0) is 4.79 Å². The molecule has 3 aromatic rings. The minimum absolute atomic E-state index is 0.101. The number of benzene rings is 3. The topological polar surface area (TPSA) is 59.6 Å². The van der Waals surface area contributed by atoms with Crippen LogP contribution in [0.2, 0.25) is 0 Å². The summed E-state index contributed by atoms with van der Waals surface area (Å²) in [6, 6.07) is 21.9. The van der Waals surface area contributed by atoms with Gasteiger partial charge in [-0.1, -0.05) is 56.3 Å². The van der Waals surface area contributed by atoms with E-state index in [1.165, 1.54) is 0 Å². The lowest BCUT2D eigenvalue weighted by molar-refractivity contribution is -0.118. The maximum atomic E-state index is 13.5. The number of rotatable bonds is 4. The van der Waals surface area contributed by atoms with Gasteiger partial charge in [0.05, 0.1) is 31.6 Å². The largest absolute Gasteiger partial charge is 0.496 e. The molecule has 1 aliphatic heterocycles. The van der Waals surface area contributed by atoms with Crippen molar-refractivity contribution in [3.63, 3.8) is 0 Å². The van der Waals surface area contributed by atoms with Gasteiger partial charge >= 0.3 is 0 Å². The lowest BCUT2D eigenvalue weighted by Crippen LogP contribution is -2.31. The summed E-state index contributed by atoms with van der Waals surface area (Å²) in [5.41, 5.74) is 6.55. The Bertz CT molecular complexity index is 1290. The maximum absolute atomic E-state index is 13.5. The van der Waals surface area contributed by atoms with Crippen molar-refractivity contribution in [2.24, 2.45) is 5.41 Å². The quantitative estimate of drug-likeness (QED) is 0.466. The van der Waals surface area contributed by atoms with E-state index >= 15 is 0 Å². The molecular formula is C29H30N2O3. The zero-order chi connectivity index (χ0) is 23.9. The number of nitrogens with one attached hydrogen (secondary N) is 2. The summed E-state index contributed by atoms with van der Waals surface area (Å²) in [7, 11) is 3.35. The van der Waals surface area contributed by atoms with Gasteiger partial charge < -0.3 is 20.1 Å². The van der Waals surface area contributed by atoms with Gasteiger partial charge in [-0.25, -0.2) is 0 Å². The van der Waals surface area contributed by atoms with Crippen molar-refractivity contribution in [2.75, 3.05) is 24.9 Å². The van der Waals surface area contributed by atoms with Gasteiger partial charge in [-0.3, -0.25) is 4.79 Å². The Labute approximate surface area is 200 Å². The van der Waals surface area contributed by atoms with Crippen LogP contribution in [0.25, 0.3) is 11.1 Å². The van der Waals surface area contributed by atoms with Crippen molar-refractivity contribution >= 4 is 17.2 Å². The van der Waals surface area contributed by atoms with Crippen LogP contribution in [0.15, 0.2) is 78.0 Å².